The number of carbonyl (C=O) groups excluding carboxylic acids is 1. The number of halogens is 1. The van der Waals surface area contributed by atoms with Crippen LogP contribution in [0.4, 0.5) is 15.8 Å². The molecule has 1 heterocycles. The number of amides is 1. The van der Waals surface area contributed by atoms with Crippen LogP contribution in [0, 0.1) is 5.82 Å². The van der Waals surface area contributed by atoms with E-state index in [1.165, 1.54) is 40.8 Å². The number of thiazole rings is 1. The van der Waals surface area contributed by atoms with Crippen molar-refractivity contribution >= 4 is 56.8 Å². The summed E-state index contributed by atoms with van der Waals surface area (Å²) in [5, 5.41) is 2.93. The van der Waals surface area contributed by atoms with Gasteiger partial charge in [0.05, 0.1) is 21.7 Å². The van der Waals surface area contributed by atoms with E-state index in [-0.39, 0.29) is 11.7 Å². The van der Waals surface area contributed by atoms with Gasteiger partial charge in [0.1, 0.15) is 5.82 Å². The van der Waals surface area contributed by atoms with E-state index in [4.69, 9.17) is 0 Å². The van der Waals surface area contributed by atoms with Crippen molar-refractivity contribution < 1.29 is 9.18 Å². The molecule has 4 nitrogen and oxygen atoms in total. The molecule has 0 saturated heterocycles. The molecule has 32 heavy (non-hydrogen) atoms. The van der Waals surface area contributed by atoms with Gasteiger partial charge in [0.25, 0.3) is 0 Å². The molecule has 7 heteroatoms. The maximum atomic E-state index is 13.0. The van der Waals surface area contributed by atoms with E-state index in [1.807, 2.05) is 42.5 Å². The SMILES string of the molecule is CC(C)c1ccc(NC(=O)CSc2nc3ccc(N=Cc4ccc(F)cc4)cc3s2)cc1. The molecule has 0 atom stereocenters. The maximum Gasteiger partial charge on any atom is 0.234 e. The highest BCUT2D eigenvalue weighted by atomic mass is 32.2. The topological polar surface area (TPSA) is 54.4 Å². The molecule has 4 rings (SSSR count). The molecule has 3 aromatic carbocycles. The molecule has 0 saturated carbocycles. The van der Waals surface area contributed by atoms with Gasteiger partial charge >= 0.3 is 0 Å². The average Bonchev–Trinajstić information content (AvgIpc) is 3.20. The van der Waals surface area contributed by atoms with Gasteiger partial charge in [-0.25, -0.2) is 9.37 Å². The lowest BCUT2D eigenvalue weighted by Gasteiger charge is -2.08. The number of carbonyl (C=O) groups is 1. The Bertz CT molecular complexity index is 1250. The summed E-state index contributed by atoms with van der Waals surface area (Å²) >= 11 is 2.96. The van der Waals surface area contributed by atoms with Gasteiger partial charge in [-0.1, -0.05) is 49.9 Å². The second-order valence-electron chi connectivity index (χ2n) is 7.56. The molecule has 0 spiro atoms. The molecule has 0 bridgehead atoms. The zero-order chi connectivity index (χ0) is 22.5. The van der Waals surface area contributed by atoms with Crippen LogP contribution in [-0.2, 0) is 4.79 Å². The summed E-state index contributed by atoms with van der Waals surface area (Å²) in [6.07, 6.45) is 1.70. The number of aromatic nitrogens is 1. The number of anilines is 1. The third-order valence-corrected chi connectivity index (χ3v) is 6.93. The number of aliphatic imine (C=N–C) groups is 1. The van der Waals surface area contributed by atoms with Crippen LogP contribution in [0.1, 0.15) is 30.9 Å². The first-order valence-corrected chi connectivity index (χ1v) is 12.0. The Labute approximate surface area is 194 Å². The Balaban J connectivity index is 1.36. The smallest absolute Gasteiger partial charge is 0.234 e. The summed E-state index contributed by atoms with van der Waals surface area (Å²) in [6, 6.07) is 19.9. The van der Waals surface area contributed by atoms with Crippen LogP contribution in [0.5, 0.6) is 0 Å². The maximum absolute atomic E-state index is 13.0. The monoisotopic (exact) mass is 463 g/mol. The van der Waals surface area contributed by atoms with Crippen LogP contribution >= 0.6 is 23.1 Å². The fraction of sp³-hybridized carbons (Fsp3) is 0.160. The molecule has 162 valence electrons. The normalized spacial score (nSPS) is 11.5. The number of benzene rings is 3. The van der Waals surface area contributed by atoms with Crippen molar-refractivity contribution in [2.45, 2.75) is 24.1 Å². The molecule has 1 aromatic heterocycles. The highest BCUT2D eigenvalue weighted by molar-refractivity contribution is 8.01. The highest BCUT2D eigenvalue weighted by Crippen LogP contribution is 2.32. The molecular formula is C25H22FN3OS2. The standard InChI is InChI=1S/C25H22FN3OS2/c1-16(2)18-5-9-20(10-6-18)28-24(30)15-31-25-29-22-12-11-21(13-23(22)32-25)27-14-17-3-7-19(26)8-4-17/h3-14,16H,15H2,1-2H3,(H,28,30). The van der Waals surface area contributed by atoms with Crippen molar-refractivity contribution in [3.63, 3.8) is 0 Å². The number of nitrogens with one attached hydrogen (secondary N) is 1. The van der Waals surface area contributed by atoms with Gasteiger partial charge in [-0.3, -0.25) is 9.79 Å². The quantitative estimate of drug-likeness (QED) is 0.236. The largest absolute Gasteiger partial charge is 0.325 e. The summed E-state index contributed by atoms with van der Waals surface area (Å²) in [6.45, 7) is 4.28. The predicted molar refractivity (Wildman–Crippen MR) is 133 cm³/mol. The van der Waals surface area contributed by atoms with Gasteiger partial charge in [0.15, 0.2) is 4.34 Å². The molecule has 0 aliphatic carbocycles. The Morgan fingerprint density at radius 2 is 1.88 bits per heavy atom. The van der Waals surface area contributed by atoms with E-state index in [0.29, 0.717) is 11.7 Å². The Hall–Kier alpha value is -3.03. The van der Waals surface area contributed by atoms with Crippen molar-refractivity contribution in [2.24, 2.45) is 4.99 Å². The fourth-order valence-corrected chi connectivity index (χ4v) is 4.91. The number of hydrogen-bond acceptors (Lipinski definition) is 5. The number of thioether (sulfide) groups is 1. The predicted octanol–water partition coefficient (Wildman–Crippen LogP) is 7.04. The number of fused-ring (bicyclic) bond motifs is 1. The van der Waals surface area contributed by atoms with Crippen LogP contribution in [0.15, 0.2) is 76.1 Å². The molecule has 0 aliphatic heterocycles. The summed E-state index contributed by atoms with van der Waals surface area (Å²) < 4.78 is 14.9. The minimum absolute atomic E-state index is 0.0591. The van der Waals surface area contributed by atoms with Crippen LogP contribution < -0.4 is 5.32 Å². The average molecular weight is 464 g/mol. The molecule has 4 aromatic rings. The van der Waals surface area contributed by atoms with Gasteiger partial charge in [0.2, 0.25) is 5.91 Å². The lowest BCUT2D eigenvalue weighted by atomic mass is 10.0. The number of nitrogens with zero attached hydrogens (tertiary/aromatic N) is 2. The van der Waals surface area contributed by atoms with Gasteiger partial charge < -0.3 is 5.32 Å². The second-order valence-corrected chi connectivity index (χ2v) is 9.81. The first kappa shape index (κ1) is 22.2. The van der Waals surface area contributed by atoms with Crippen LogP contribution in [0.2, 0.25) is 0 Å². The fourth-order valence-electron chi connectivity index (χ4n) is 3.01. The van der Waals surface area contributed by atoms with Crippen LogP contribution in [-0.4, -0.2) is 22.9 Å². The Morgan fingerprint density at radius 1 is 1.12 bits per heavy atom. The first-order chi connectivity index (χ1) is 15.5. The first-order valence-electron chi connectivity index (χ1n) is 10.2. The minimum Gasteiger partial charge on any atom is -0.325 e. The third kappa shape index (κ3) is 5.81. The lowest BCUT2D eigenvalue weighted by molar-refractivity contribution is -0.113. The van der Waals surface area contributed by atoms with Crippen LogP contribution in [0.3, 0.4) is 0 Å². The highest BCUT2D eigenvalue weighted by Gasteiger charge is 2.09. The van der Waals surface area contributed by atoms with Crippen molar-refractivity contribution in [1.82, 2.24) is 4.98 Å². The van der Waals surface area contributed by atoms with Crippen molar-refractivity contribution in [3.05, 3.63) is 83.7 Å². The van der Waals surface area contributed by atoms with Crippen LogP contribution in [0.25, 0.3) is 10.2 Å². The number of rotatable bonds is 7. The molecule has 0 fully saturated rings. The van der Waals surface area contributed by atoms with Gasteiger partial charge in [-0.15, -0.1) is 11.3 Å². The summed E-state index contributed by atoms with van der Waals surface area (Å²) in [4.78, 5) is 21.4. The van der Waals surface area contributed by atoms with E-state index in [2.05, 4.69) is 29.1 Å². The van der Waals surface area contributed by atoms with Gasteiger partial charge in [-0.05, 0) is 59.5 Å². The zero-order valence-electron chi connectivity index (χ0n) is 17.7. The van der Waals surface area contributed by atoms with Gasteiger partial charge in [-0.2, -0.15) is 0 Å². The lowest BCUT2D eigenvalue weighted by Crippen LogP contribution is -2.13. The van der Waals surface area contributed by atoms with Gasteiger partial charge in [0, 0.05) is 11.9 Å². The summed E-state index contributed by atoms with van der Waals surface area (Å²) in [7, 11) is 0. The van der Waals surface area contributed by atoms with Crippen molar-refractivity contribution in [1.29, 1.82) is 0 Å². The molecular weight excluding hydrogens is 441 g/mol. The third-order valence-electron chi connectivity index (χ3n) is 4.77. The summed E-state index contributed by atoms with van der Waals surface area (Å²) in [5.41, 5.74) is 4.55. The molecule has 0 unspecified atom stereocenters. The second kappa shape index (κ2) is 10.1. The summed E-state index contributed by atoms with van der Waals surface area (Å²) in [5.74, 6) is 0.428. The van der Waals surface area contributed by atoms with E-state index >= 15 is 0 Å². The van der Waals surface area contributed by atoms with E-state index in [9.17, 15) is 9.18 Å². The van der Waals surface area contributed by atoms with E-state index < -0.39 is 0 Å². The Morgan fingerprint density at radius 3 is 2.59 bits per heavy atom. The molecule has 1 amide bonds. The molecule has 1 N–H and O–H groups in total. The Kier molecular flexibility index (Phi) is 6.97. The van der Waals surface area contributed by atoms with E-state index in [1.54, 1.807) is 18.3 Å². The van der Waals surface area contributed by atoms with E-state index in [0.717, 1.165) is 31.5 Å². The number of hydrogen-bond donors (Lipinski definition) is 1. The zero-order valence-corrected chi connectivity index (χ0v) is 19.3. The molecule has 0 radical (unpaired) electrons. The van der Waals surface area contributed by atoms with Crippen molar-refractivity contribution in [2.75, 3.05) is 11.1 Å². The molecule has 0 aliphatic rings. The van der Waals surface area contributed by atoms with Crippen molar-refractivity contribution in [3.8, 4) is 0 Å². The minimum atomic E-state index is -0.268.